The van der Waals surface area contributed by atoms with Crippen LogP contribution < -0.4 is 5.32 Å². The molecule has 0 aromatic carbocycles. The van der Waals surface area contributed by atoms with Crippen LogP contribution in [-0.4, -0.2) is 91.7 Å². The Bertz CT molecular complexity index is 553. The molecule has 4 heterocycles. The summed E-state index contributed by atoms with van der Waals surface area (Å²) < 4.78 is 5.72. The van der Waals surface area contributed by atoms with E-state index in [0.717, 1.165) is 84.2 Å². The van der Waals surface area contributed by atoms with Crippen LogP contribution in [0.2, 0.25) is 0 Å². The maximum absolute atomic E-state index is 12.7. The van der Waals surface area contributed by atoms with Gasteiger partial charge in [0.1, 0.15) is 12.8 Å². The van der Waals surface area contributed by atoms with E-state index in [9.17, 15) is 9.59 Å². The van der Waals surface area contributed by atoms with Gasteiger partial charge in [-0.1, -0.05) is 0 Å². The minimum absolute atomic E-state index is 0.0506. The Labute approximate surface area is 162 Å². The molecule has 1 atom stereocenters. The molecular formula is C20H34N4O3. The molecule has 4 aliphatic heterocycles. The van der Waals surface area contributed by atoms with Crippen molar-refractivity contribution in [3.8, 4) is 0 Å². The lowest BCUT2D eigenvalue weighted by Crippen LogP contribution is -2.49. The Morgan fingerprint density at radius 3 is 2.52 bits per heavy atom. The number of carbonyl (C=O) groups excluding carboxylic acids is 2. The number of ether oxygens (including phenoxy) is 1. The average molecular weight is 379 g/mol. The maximum atomic E-state index is 12.7. The number of nitrogens with one attached hydrogen (secondary N) is 1. The number of esters is 1. The number of hydrogen-bond acceptors (Lipinski definition) is 6. The molecule has 0 bridgehead atoms. The van der Waals surface area contributed by atoms with Crippen molar-refractivity contribution in [1.29, 1.82) is 0 Å². The van der Waals surface area contributed by atoms with E-state index in [1.807, 2.05) is 0 Å². The molecule has 0 unspecified atom stereocenters. The molecule has 0 aromatic heterocycles. The third-order valence-electron chi connectivity index (χ3n) is 7.30. The zero-order valence-electron chi connectivity index (χ0n) is 16.6. The van der Waals surface area contributed by atoms with Crippen LogP contribution in [0.5, 0.6) is 0 Å². The van der Waals surface area contributed by atoms with E-state index in [0.29, 0.717) is 12.8 Å². The molecule has 4 fully saturated rings. The lowest BCUT2D eigenvalue weighted by molar-refractivity contribution is -0.156. The van der Waals surface area contributed by atoms with Crippen molar-refractivity contribution >= 4 is 11.9 Å². The first kappa shape index (κ1) is 19.2. The number of rotatable bonds is 4. The summed E-state index contributed by atoms with van der Waals surface area (Å²) in [5.74, 6) is 0.171. The summed E-state index contributed by atoms with van der Waals surface area (Å²) in [6.45, 7) is 6.11. The minimum Gasteiger partial charge on any atom is -0.448 e. The first-order valence-electron chi connectivity index (χ1n) is 10.7. The zero-order chi connectivity index (χ0) is 18.9. The monoisotopic (exact) mass is 378 g/mol. The summed E-state index contributed by atoms with van der Waals surface area (Å²) in [6.07, 6.45) is 7.02. The molecule has 1 amide bonds. The molecular weight excluding hydrogens is 344 g/mol. The van der Waals surface area contributed by atoms with Crippen molar-refractivity contribution in [2.24, 2.45) is 5.41 Å². The first-order valence-corrected chi connectivity index (χ1v) is 10.7. The Morgan fingerprint density at radius 1 is 1.11 bits per heavy atom. The minimum atomic E-state index is -0.156. The van der Waals surface area contributed by atoms with Gasteiger partial charge in [0.2, 0.25) is 5.91 Å². The van der Waals surface area contributed by atoms with Crippen LogP contribution >= 0.6 is 0 Å². The third-order valence-corrected chi connectivity index (χ3v) is 7.30. The fourth-order valence-corrected chi connectivity index (χ4v) is 5.36. The van der Waals surface area contributed by atoms with Gasteiger partial charge in [-0.3, -0.25) is 19.4 Å². The fourth-order valence-electron chi connectivity index (χ4n) is 5.36. The summed E-state index contributed by atoms with van der Waals surface area (Å²) in [5, 5.41) is 2.97. The van der Waals surface area contributed by atoms with Crippen LogP contribution in [0.1, 0.15) is 44.9 Å². The molecule has 7 nitrogen and oxygen atoms in total. The van der Waals surface area contributed by atoms with E-state index in [2.05, 4.69) is 27.1 Å². The Kier molecular flexibility index (Phi) is 5.71. The molecule has 1 spiro atoms. The molecule has 27 heavy (non-hydrogen) atoms. The highest BCUT2D eigenvalue weighted by Crippen LogP contribution is 2.38. The normalized spacial score (nSPS) is 30.7. The second-order valence-electron chi connectivity index (χ2n) is 8.93. The number of amides is 1. The van der Waals surface area contributed by atoms with Crippen LogP contribution in [0.15, 0.2) is 0 Å². The molecule has 0 radical (unpaired) electrons. The van der Waals surface area contributed by atoms with E-state index in [4.69, 9.17) is 4.74 Å². The molecule has 0 aliphatic carbocycles. The highest BCUT2D eigenvalue weighted by molar-refractivity contribution is 5.84. The van der Waals surface area contributed by atoms with Gasteiger partial charge in [-0.05, 0) is 71.6 Å². The second-order valence-corrected chi connectivity index (χ2v) is 8.93. The van der Waals surface area contributed by atoms with E-state index in [1.165, 1.54) is 0 Å². The lowest BCUT2D eigenvalue weighted by atomic mass is 9.77. The molecule has 1 N–H and O–H groups in total. The molecule has 4 aliphatic rings. The van der Waals surface area contributed by atoms with Gasteiger partial charge in [0.05, 0.1) is 5.41 Å². The van der Waals surface area contributed by atoms with Gasteiger partial charge in [0.15, 0.2) is 0 Å². The van der Waals surface area contributed by atoms with Gasteiger partial charge < -0.3 is 15.0 Å². The SMILES string of the molecule is CN1CCC(N2CCC[C@H]2C(=O)OCN2CCC3(CCNC3=O)CC2)CC1. The zero-order valence-corrected chi connectivity index (χ0v) is 16.6. The van der Waals surface area contributed by atoms with Crippen molar-refractivity contribution in [2.45, 2.75) is 57.0 Å². The molecule has 4 saturated heterocycles. The molecule has 152 valence electrons. The van der Waals surface area contributed by atoms with Crippen LogP contribution in [0.25, 0.3) is 0 Å². The van der Waals surface area contributed by atoms with Gasteiger partial charge >= 0.3 is 5.97 Å². The molecule has 0 aromatic rings. The summed E-state index contributed by atoms with van der Waals surface area (Å²) in [6, 6.07) is 0.465. The van der Waals surface area contributed by atoms with Gasteiger partial charge in [-0.25, -0.2) is 0 Å². The van der Waals surface area contributed by atoms with E-state index in [-0.39, 0.29) is 23.3 Å². The van der Waals surface area contributed by atoms with Crippen molar-refractivity contribution in [2.75, 3.05) is 53.0 Å². The number of carbonyl (C=O) groups is 2. The summed E-state index contributed by atoms with van der Waals surface area (Å²) in [5.41, 5.74) is -0.156. The van der Waals surface area contributed by atoms with Crippen LogP contribution in [0.4, 0.5) is 0 Å². The van der Waals surface area contributed by atoms with E-state index < -0.39 is 0 Å². The Hall–Kier alpha value is -1.18. The number of nitrogens with zero attached hydrogens (tertiary/aromatic N) is 3. The van der Waals surface area contributed by atoms with Gasteiger partial charge in [0.25, 0.3) is 0 Å². The van der Waals surface area contributed by atoms with Crippen molar-refractivity contribution in [3.63, 3.8) is 0 Å². The predicted octanol–water partition coefficient (Wildman–Crippen LogP) is 0.648. The van der Waals surface area contributed by atoms with Crippen molar-refractivity contribution in [1.82, 2.24) is 20.0 Å². The first-order chi connectivity index (χ1) is 13.1. The largest absolute Gasteiger partial charge is 0.448 e. The van der Waals surface area contributed by atoms with Gasteiger partial charge in [-0.15, -0.1) is 0 Å². The van der Waals surface area contributed by atoms with E-state index >= 15 is 0 Å². The molecule has 7 heteroatoms. The smallest absolute Gasteiger partial charge is 0.324 e. The maximum Gasteiger partial charge on any atom is 0.324 e. The number of piperidine rings is 2. The van der Waals surface area contributed by atoms with Gasteiger partial charge in [0, 0.05) is 25.7 Å². The van der Waals surface area contributed by atoms with E-state index in [1.54, 1.807) is 0 Å². The summed E-state index contributed by atoms with van der Waals surface area (Å²) in [7, 11) is 2.17. The highest BCUT2D eigenvalue weighted by atomic mass is 16.5. The molecule has 4 rings (SSSR count). The number of likely N-dealkylation sites (tertiary alicyclic amines) is 3. The Balaban J connectivity index is 1.24. The van der Waals surface area contributed by atoms with Crippen LogP contribution in [0, 0.1) is 5.41 Å². The predicted molar refractivity (Wildman–Crippen MR) is 102 cm³/mol. The van der Waals surface area contributed by atoms with Gasteiger partial charge in [-0.2, -0.15) is 0 Å². The third kappa shape index (κ3) is 4.00. The quantitative estimate of drug-likeness (QED) is 0.725. The molecule has 0 saturated carbocycles. The van der Waals surface area contributed by atoms with Crippen molar-refractivity contribution in [3.05, 3.63) is 0 Å². The fraction of sp³-hybridized carbons (Fsp3) is 0.900. The van der Waals surface area contributed by atoms with Crippen molar-refractivity contribution < 1.29 is 14.3 Å². The van der Waals surface area contributed by atoms with Crippen LogP contribution in [-0.2, 0) is 14.3 Å². The highest BCUT2D eigenvalue weighted by Gasteiger charge is 2.44. The summed E-state index contributed by atoms with van der Waals surface area (Å²) >= 11 is 0. The van der Waals surface area contributed by atoms with Crippen LogP contribution in [0.3, 0.4) is 0 Å². The second kappa shape index (κ2) is 8.05. The average Bonchev–Trinajstić information content (AvgIpc) is 3.30. The lowest BCUT2D eigenvalue weighted by Gasteiger charge is -2.38. The number of hydrogen-bond donors (Lipinski definition) is 1. The topological polar surface area (TPSA) is 65.1 Å². The standard InChI is InChI=1S/C20H34N4O3/c1-22-11-4-16(5-12-22)24-10-2-3-17(24)18(25)27-15-23-13-7-20(8-14-23)6-9-21-19(20)26/h16-17H,2-15H2,1H3,(H,21,26)/t17-/m0/s1. The summed E-state index contributed by atoms with van der Waals surface area (Å²) in [4.78, 5) is 31.8. The Morgan fingerprint density at radius 2 is 1.85 bits per heavy atom.